The van der Waals surface area contributed by atoms with Gasteiger partial charge in [0, 0.05) is 27.7 Å². The van der Waals surface area contributed by atoms with Crippen LogP contribution in [0.1, 0.15) is 11.4 Å². The molecule has 0 unspecified atom stereocenters. The third-order valence-electron chi connectivity index (χ3n) is 4.44. The molecule has 2 aromatic carbocycles. The van der Waals surface area contributed by atoms with Crippen molar-refractivity contribution in [2.75, 3.05) is 21.2 Å². The number of halogens is 1. The van der Waals surface area contributed by atoms with Crippen molar-refractivity contribution in [2.45, 2.75) is 13.1 Å². The molecule has 27 heavy (non-hydrogen) atoms. The smallest absolute Gasteiger partial charge is 0.194 e. The minimum Gasteiger partial charge on any atom is -0.497 e. The van der Waals surface area contributed by atoms with Gasteiger partial charge in [-0.15, -0.1) is 24.0 Å². The van der Waals surface area contributed by atoms with Crippen LogP contribution >= 0.6 is 24.0 Å². The van der Waals surface area contributed by atoms with Gasteiger partial charge in [0.05, 0.1) is 24.7 Å². The van der Waals surface area contributed by atoms with Crippen LogP contribution in [0, 0.1) is 0 Å². The van der Waals surface area contributed by atoms with E-state index in [4.69, 9.17) is 9.72 Å². The second kappa shape index (κ2) is 9.59. The fourth-order valence-electron chi connectivity index (χ4n) is 2.98. The second-order valence-electron chi connectivity index (χ2n) is 6.18. The highest BCUT2D eigenvalue weighted by molar-refractivity contribution is 14.0. The summed E-state index contributed by atoms with van der Waals surface area (Å²) in [7, 11) is 7.53. The van der Waals surface area contributed by atoms with Gasteiger partial charge in [-0.25, -0.2) is 4.98 Å². The number of hydrogen-bond acceptors (Lipinski definition) is 3. The minimum absolute atomic E-state index is 0. The highest BCUT2D eigenvalue weighted by Gasteiger charge is 2.10. The zero-order chi connectivity index (χ0) is 18.5. The molecule has 3 aromatic rings. The van der Waals surface area contributed by atoms with E-state index in [0.29, 0.717) is 6.54 Å². The van der Waals surface area contributed by atoms with Crippen molar-refractivity contribution in [1.82, 2.24) is 19.8 Å². The number of ether oxygens (including phenoxy) is 1. The fraction of sp³-hybridized carbons (Fsp3) is 0.300. The average molecular weight is 479 g/mol. The Kier molecular flexibility index (Phi) is 7.46. The molecule has 1 aromatic heterocycles. The first-order valence-electron chi connectivity index (χ1n) is 8.57. The molecule has 0 aliphatic rings. The van der Waals surface area contributed by atoms with Crippen LogP contribution in [0.15, 0.2) is 53.5 Å². The van der Waals surface area contributed by atoms with Gasteiger partial charge in [0.15, 0.2) is 5.96 Å². The molecular formula is C20H26IN5O. The molecule has 0 aliphatic heterocycles. The maximum absolute atomic E-state index is 5.21. The number of methoxy groups -OCH3 is 1. The molecule has 0 atom stereocenters. The van der Waals surface area contributed by atoms with Gasteiger partial charge in [0.25, 0.3) is 0 Å². The van der Waals surface area contributed by atoms with Crippen LogP contribution in [-0.2, 0) is 20.1 Å². The molecule has 0 saturated carbocycles. The van der Waals surface area contributed by atoms with Gasteiger partial charge >= 0.3 is 0 Å². The van der Waals surface area contributed by atoms with E-state index in [-0.39, 0.29) is 24.0 Å². The standard InChI is InChI=1S/C20H25N5O.HI/c1-21-20(24(2)14-15-9-11-16(26-4)12-10-15)22-13-19-23-17-7-5-6-8-18(17)25(19)3;/h5-12H,13-14H2,1-4H3,(H,21,22);1H. The molecule has 0 fully saturated rings. The van der Waals surface area contributed by atoms with E-state index in [1.807, 2.05) is 44.4 Å². The van der Waals surface area contributed by atoms with Crippen LogP contribution in [-0.4, -0.2) is 41.6 Å². The number of benzene rings is 2. The van der Waals surface area contributed by atoms with E-state index >= 15 is 0 Å². The molecule has 0 saturated heterocycles. The van der Waals surface area contributed by atoms with E-state index in [1.54, 1.807) is 14.2 Å². The van der Waals surface area contributed by atoms with Crippen molar-refractivity contribution in [3.05, 3.63) is 59.9 Å². The number of imidazole rings is 1. The second-order valence-corrected chi connectivity index (χ2v) is 6.18. The minimum atomic E-state index is 0. The number of nitrogens with zero attached hydrogens (tertiary/aromatic N) is 4. The number of aliphatic imine (C=N–C) groups is 1. The summed E-state index contributed by atoms with van der Waals surface area (Å²) in [6, 6.07) is 16.2. The van der Waals surface area contributed by atoms with Crippen molar-refractivity contribution < 1.29 is 4.74 Å². The summed E-state index contributed by atoms with van der Waals surface area (Å²) in [4.78, 5) is 11.2. The molecule has 6 nitrogen and oxygen atoms in total. The number of fused-ring (bicyclic) bond motifs is 1. The number of aromatic nitrogens is 2. The molecule has 1 N–H and O–H groups in total. The zero-order valence-corrected chi connectivity index (χ0v) is 18.5. The normalized spacial score (nSPS) is 11.2. The van der Waals surface area contributed by atoms with Crippen molar-refractivity contribution in [3.63, 3.8) is 0 Å². The Morgan fingerprint density at radius 2 is 1.89 bits per heavy atom. The maximum atomic E-state index is 5.21. The molecule has 3 rings (SSSR count). The molecule has 0 spiro atoms. The Balaban J connectivity index is 0.00000261. The third kappa shape index (κ3) is 4.91. The largest absolute Gasteiger partial charge is 0.497 e. The van der Waals surface area contributed by atoms with Crippen LogP contribution in [0.25, 0.3) is 11.0 Å². The summed E-state index contributed by atoms with van der Waals surface area (Å²) in [5.74, 6) is 2.67. The number of aryl methyl sites for hydroxylation is 1. The SMILES string of the molecule is CN=C(NCc1nc2ccccc2n1C)N(C)Cc1ccc(OC)cc1.I. The Bertz CT molecular complexity index is 904. The first-order chi connectivity index (χ1) is 12.6. The lowest BCUT2D eigenvalue weighted by molar-refractivity contribution is 0.414. The lowest BCUT2D eigenvalue weighted by Crippen LogP contribution is -2.38. The summed E-state index contributed by atoms with van der Waals surface area (Å²) in [6.45, 7) is 1.37. The predicted molar refractivity (Wildman–Crippen MR) is 121 cm³/mol. The zero-order valence-electron chi connectivity index (χ0n) is 16.1. The van der Waals surface area contributed by atoms with E-state index in [1.165, 1.54) is 5.56 Å². The number of hydrogen-bond donors (Lipinski definition) is 1. The Morgan fingerprint density at radius 3 is 2.52 bits per heavy atom. The molecule has 0 bridgehead atoms. The lowest BCUT2D eigenvalue weighted by atomic mass is 10.2. The van der Waals surface area contributed by atoms with Crippen LogP contribution in [0.4, 0.5) is 0 Å². The van der Waals surface area contributed by atoms with E-state index < -0.39 is 0 Å². The van der Waals surface area contributed by atoms with Crippen LogP contribution in [0.5, 0.6) is 5.75 Å². The van der Waals surface area contributed by atoms with Crippen molar-refractivity contribution in [2.24, 2.45) is 12.0 Å². The Labute approximate surface area is 177 Å². The average Bonchev–Trinajstić information content (AvgIpc) is 2.99. The molecule has 0 amide bonds. The number of guanidine groups is 1. The van der Waals surface area contributed by atoms with Gasteiger partial charge in [-0.1, -0.05) is 24.3 Å². The summed E-state index contributed by atoms with van der Waals surface area (Å²) in [5, 5.41) is 3.40. The van der Waals surface area contributed by atoms with E-state index in [9.17, 15) is 0 Å². The van der Waals surface area contributed by atoms with Gasteiger partial charge in [-0.3, -0.25) is 4.99 Å². The van der Waals surface area contributed by atoms with Gasteiger partial charge in [0.1, 0.15) is 11.6 Å². The first-order valence-corrected chi connectivity index (χ1v) is 8.57. The van der Waals surface area contributed by atoms with Crippen LogP contribution < -0.4 is 10.1 Å². The molecular weight excluding hydrogens is 453 g/mol. The van der Waals surface area contributed by atoms with Crippen molar-refractivity contribution in [1.29, 1.82) is 0 Å². The lowest BCUT2D eigenvalue weighted by Gasteiger charge is -2.22. The highest BCUT2D eigenvalue weighted by atomic mass is 127. The number of para-hydroxylation sites is 2. The van der Waals surface area contributed by atoms with Crippen molar-refractivity contribution in [3.8, 4) is 5.75 Å². The van der Waals surface area contributed by atoms with Crippen molar-refractivity contribution >= 4 is 41.0 Å². The number of rotatable bonds is 5. The Hall–Kier alpha value is -2.29. The first kappa shape index (κ1) is 21.0. The van der Waals surface area contributed by atoms with E-state index in [0.717, 1.165) is 35.1 Å². The highest BCUT2D eigenvalue weighted by Crippen LogP contribution is 2.15. The topological polar surface area (TPSA) is 54.7 Å². The molecule has 0 aliphatic carbocycles. The molecule has 7 heteroatoms. The van der Waals surface area contributed by atoms with Gasteiger partial charge in [-0.2, -0.15) is 0 Å². The third-order valence-corrected chi connectivity index (χ3v) is 4.44. The fourth-order valence-corrected chi connectivity index (χ4v) is 2.98. The quantitative estimate of drug-likeness (QED) is 0.346. The summed E-state index contributed by atoms with van der Waals surface area (Å²) in [5.41, 5.74) is 3.33. The van der Waals surface area contributed by atoms with Gasteiger partial charge < -0.3 is 19.5 Å². The summed E-state index contributed by atoms with van der Waals surface area (Å²) < 4.78 is 7.32. The van der Waals surface area contributed by atoms with Crippen LogP contribution in [0.2, 0.25) is 0 Å². The Morgan fingerprint density at radius 1 is 1.19 bits per heavy atom. The monoisotopic (exact) mass is 479 g/mol. The predicted octanol–water partition coefficient (Wildman–Crippen LogP) is 3.41. The summed E-state index contributed by atoms with van der Waals surface area (Å²) in [6.07, 6.45) is 0. The molecule has 144 valence electrons. The van der Waals surface area contributed by atoms with E-state index in [2.05, 4.69) is 38.0 Å². The summed E-state index contributed by atoms with van der Waals surface area (Å²) >= 11 is 0. The van der Waals surface area contributed by atoms with Gasteiger partial charge in [-0.05, 0) is 29.8 Å². The van der Waals surface area contributed by atoms with Crippen LogP contribution in [0.3, 0.4) is 0 Å². The maximum Gasteiger partial charge on any atom is 0.194 e. The molecule has 0 radical (unpaired) electrons. The van der Waals surface area contributed by atoms with Gasteiger partial charge in [0.2, 0.25) is 0 Å². The number of nitrogens with one attached hydrogen (secondary N) is 1. The molecule has 1 heterocycles.